The van der Waals surface area contributed by atoms with E-state index in [2.05, 4.69) is 4.98 Å². The van der Waals surface area contributed by atoms with Crippen LogP contribution in [0.15, 0.2) is 42.5 Å². The molecule has 6 heteroatoms. The molecule has 0 amide bonds. The van der Waals surface area contributed by atoms with Crippen molar-refractivity contribution in [3.63, 3.8) is 0 Å². The summed E-state index contributed by atoms with van der Waals surface area (Å²) >= 11 is 12.3. The second kappa shape index (κ2) is 4.81. The maximum Gasteiger partial charge on any atom is 0.417 e. The van der Waals surface area contributed by atoms with E-state index in [9.17, 15) is 9.90 Å². The van der Waals surface area contributed by atoms with Crippen LogP contribution in [-0.2, 0) is 0 Å². The number of aromatic nitrogens is 2. The smallest absolute Gasteiger partial charge is 0.417 e. The zero-order valence-electron chi connectivity index (χ0n) is 10.0. The molecule has 0 saturated heterocycles. The highest BCUT2D eigenvalue weighted by atomic mass is 35.5. The Morgan fingerprint density at radius 3 is 2.35 bits per heavy atom. The molecule has 0 atom stereocenters. The molecule has 0 aliphatic heterocycles. The van der Waals surface area contributed by atoms with E-state index in [1.807, 2.05) is 0 Å². The van der Waals surface area contributed by atoms with Gasteiger partial charge in [-0.2, -0.15) is 0 Å². The van der Waals surface area contributed by atoms with Crippen molar-refractivity contribution >= 4 is 40.3 Å². The number of imidazole rings is 1. The number of rotatable bonds is 1. The van der Waals surface area contributed by atoms with Crippen molar-refractivity contribution in [1.82, 2.24) is 9.55 Å². The fourth-order valence-corrected chi connectivity index (χ4v) is 2.67. The van der Waals surface area contributed by atoms with Crippen LogP contribution < -0.4 is 0 Å². The van der Waals surface area contributed by atoms with Gasteiger partial charge in [-0.1, -0.05) is 41.4 Å². The molecule has 1 aromatic heterocycles. The van der Waals surface area contributed by atoms with Crippen LogP contribution >= 0.6 is 23.2 Å². The average Bonchev–Trinajstić information content (AvgIpc) is 2.77. The second-order valence-electron chi connectivity index (χ2n) is 4.14. The van der Waals surface area contributed by atoms with E-state index in [0.717, 1.165) is 4.57 Å². The van der Waals surface area contributed by atoms with Gasteiger partial charge in [0.2, 0.25) is 0 Å². The molecule has 0 saturated carbocycles. The van der Waals surface area contributed by atoms with Crippen LogP contribution in [0.2, 0.25) is 10.0 Å². The first-order chi connectivity index (χ1) is 9.59. The summed E-state index contributed by atoms with van der Waals surface area (Å²) in [6.45, 7) is 0. The van der Waals surface area contributed by atoms with Gasteiger partial charge < -0.3 is 5.11 Å². The fourth-order valence-electron chi connectivity index (χ4n) is 2.10. The third kappa shape index (κ3) is 1.94. The third-order valence-corrected chi connectivity index (χ3v) is 3.57. The Labute approximate surface area is 124 Å². The quantitative estimate of drug-likeness (QED) is 0.718. The van der Waals surface area contributed by atoms with E-state index in [0.29, 0.717) is 26.6 Å². The summed E-state index contributed by atoms with van der Waals surface area (Å²) in [6, 6.07) is 12.0. The van der Waals surface area contributed by atoms with Crippen LogP contribution in [-0.4, -0.2) is 20.8 Å². The molecule has 3 rings (SSSR count). The van der Waals surface area contributed by atoms with E-state index in [-0.39, 0.29) is 5.82 Å². The SMILES string of the molecule is O=C(O)n1c(-c2c(Cl)cccc2Cl)nc2ccccc21. The first kappa shape index (κ1) is 13.0. The Morgan fingerprint density at radius 2 is 1.70 bits per heavy atom. The van der Waals surface area contributed by atoms with Crippen LogP contribution in [0.3, 0.4) is 0 Å². The average molecular weight is 307 g/mol. The molecule has 0 aliphatic rings. The number of carboxylic acid groups (broad SMARTS) is 1. The summed E-state index contributed by atoms with van der Waals surface area (Å²) in [5.74, 6) is 0.217. The molecule has 100 valence electrons. The zero-order valence-corrected chi connectivity index (χ0v) is 11.6. The zero-order chi connectivity index (χ0) is 14.3. The van der Waals surface area contributed by atoms with E-state index < -0.39 is 6.09 Å². The molecular formula is C14H8Cl2N2O2. The van der Waals surface area contributed by atoms with Gasteiger partial charge in [0.25, 0.3) is 0 Å². The van der Waals surface area contributed by atoms with Crippen molar-refractivity contribution in [3.05, 3.63) is 52.5 Å². The molecule has 3 aromatic rings. The standard InChI is InChI=1S/C14H8Cl2N2O2/c15-8-4-3-5-9(16)12(8)13-17-10-6-1-2-7-11(10)18(13)14(19)20/h1-7H,(H,19,20). The summed E-state index contributed by atoms with van der Waals surface area (Å²) in [4.78, 5) is 15.9. The van der Waals surface area contributed by atoms with E-state index in [1.165, 1.54) is 0 Å². The topological polar surface area (TPSA) is 55.1 Å². The molecule has 20 heavy (non-hydrogen) atoms. The Hall–Kier alpha value is -2.04. The van der Waals surface area contributed by atoms with Gasteiger partial charge in [-0.15, -0.1) is 0 Å². The van der Waals surface area contributed by atoms with Gasteiger partial charge in [-0.3, -0.25) is 0 Å². The molecule has 0 aliphatic carbocycles. The summed E-state index contributed by atoms with van der Waals surface area (Å²) < 4.78 is 1.09. The minimum atomic E-state index is -1.13. The number of benzene rings is 2. The van der Waals surface area contributed by atoms with Crippen molar-refractivity contribution < 1.29 is 9.90 Å². The highest BCUT2D eigenvalue weighted by molar-refractivity contribution is 6.39. The maximum absolute atomic E-state index is 11.5. The maximum atomic E-state index is 11.5. The Bertz CT molecular complexity index is 807. The number of hydrogen-bond donors (Lipinski definition) is 1. The number of para-hydroxylation sites is 2. The number of halogens is 2. The van der Waals surface area contributed by atoms with Crippen molar-refractivity contribution in [2.24, 2.45) is 0 Å². The van der Waals surface area contributed by atoms with Crippen LogP contribution in [0.25, 0.3) is 22.4 Å². The largest absolute Gasteiger partial charge is 0.464 e. The molecule has 0 spiro atoms. The third-order valence-electron chi connectivity index (χ3n) is 2.94. The van der Waals surface area contributed by atoms with Gasteiger partial charge in [0.05, 0.1) is 26.6 Å². The molecule has 0 bridgehead atoms. The molecular weight excluding hydrogens is 299 g/mol. The lowest BCUT2D eigenvalue weighted by atomic mass is 10.2. The molecule has 0 radical (unpaired) electrons. The first-order valence-corrected chi connectivity index (χ1v) is 6.50. The summed E-state index contributed by atoms with van der Waals surface area (Å²) in [5.41, 5.74) is 1.47. The van der Waals surface area contributed by atoms with E-state index >= 15 is 0 Å². The number of hydrogen-bond acceptors (Lipinski definition) is 2. The van der Waals surface area contributed by atoms with Gasteiger partial charge in [0, 0.05) is 0 Å². The lowest BCUT2D eigenvalue weighted by molar-refractivity contribution is 0.197. The number of carbonyl (C=O) groups is 1. The highest BCUT2D eigenvalue weighted by Crippen LogP contribution is 2.35. The lowest BCUT2D eigenvalue weighted by Crippen LogP contribution is -2.09. The molecule has 2 aromatic carbocycles. The van der Waals surface area contributed by atoms with Crippen LogP contribution in [0.4, 0.5) is 4.79 Å². The van der Waals surface area contributed by atoms with Gasteiger partial charge >= 0.3 is 6.09 Å². The number of fused-ring (bicyclic) bond motifs is 1. The van der Waals surface area contributed by atoms with Crippen molar-refractivity contribution in [3.8, 4) is 11.4 Å². The molecule has 0 unspecified atom stereocenters. The monoisotopic (exact) mass is 306 g/mol. The van der Waals surface area contributed by atoms with Crippen molar-refractivity contribution in [2.75, 3.05) is 0 Å². The molecule has 0 fully saturated rings. The van der Waals surface area contributed by atoms with Gasteiger partial charge in [0.15, 0.2) is 5.82 Å². The van der Waals surface area contributed by atoms with E-state index in [1.54, 1.807) is 42.5 Å². The van der Waals surface area contributed by atoms with Crippen molar-refractivity contribution in [2.45, 2.75) is 0 Å². The normalized spacial score (nSPS) is 10.9. The summed E-state index contributed by atoms with van der Waals surface area (Å²) in [5, 5.41) is 10.1. The van der Waals surface area contributed by atoms with Gasteiger partial charge in [0.1, 0.15) is 0 Å². The number of nitrogens with zero attached hydrogens (tertiary/aromatic N) is 2. The highest BCUT2D eigenvalue weighted by Gasteiger charge is 2.20. The minimum Gasteiger partial charge on any atom is -0.464 e. The first-order valence-electron chi connectivity index (χ1n) is 5.75. The Morgan fingerprint density at radius 1 is 1.05 bits per heavy atom. The Kier molecular flexibility index (Phi) is 3.12. The molecule has 4 nitrogen and oxygen atoms in total. The molecule has 1 heterocycles. The lowest BCUT2D eigenvalue weighted by Gasteiger charge is -2.07. The van der Waals surface area contributed by atoms with Crippen molar-refractivity contribution in [1.29, 1.82) is 0 Å². The predicted molar refractivity (Wildman–Crippen MR) is 78.6 cm³/mol. The Balaban J connectivity index is 2.42. The predicted octanol–water partition coefficient (Wildman–Crippen LogP) is 4.54. The van der Waals surface area contributed by atoms with Crippen LogP contribution in [0.1, 0.15) is 0 Å². The van der Waals surface area contributed by atoms with Crippen LogP contribution in [0, 0.1) is 0 Å². The van der Waals surface area contributed by atoms with Gasteiger partial charge in [-0.25, -0.2) is 14.3 Å². The van der Waals surface area contributed by atoms with Gasteiger partial charge in [-0.05, 0) is 24.3 Å². The molecule has 1 N–H and O–H groups in total. The fraction of sp³-hybridized carbons (Fsp3) is 0. The summed E-state index contributed by atoms with van der Waals surface area (Å²) in [7, 11) is 0. The van der Waals surface area contributed by atoms with E-state index in [4.69, 9.17) is 23.2 Å². The summed E-state index contributed by atoms with van der Waals surface area (Å²) in [6.07, 6.45) is -1.13. The van der Waals surface area contributed by atoms with Crippen LogP contribution in [0.5, 0.6) is 0 Å². The minimum absolute atomic E-state index is 0.217. The second-order valence-corrected chi connectivity index (χ2v) is 4.95.